The largest absolute Gasteiger partial charge is 0.339 e. The van der Waals surface area contributed by atoms with E-state index < -0.39 is 0 Å². The number of nitrogens with zero attached hydrogens (tertiary/aromatic N) is 1. The summed E-state index contributed by atoms with van der Waals surface area (Å²) in [6.45, 7) is 5.09. The molecule has 0 spiro atoms. The van der Waals surface area contributed by atoms with E-state index in [1.165, 1.54) is 17.8 Å². The van der Waals surface area contributed by atoms with Crippen LogP contribution in [0.1, 0.15) is 31.9 Å². The van der Waals surface area contributed by atoms with Crippen LogP contribution in [-0.4, -0.2) is 16.5 Å². The third-order valence-electron chi connectivity index (χ3n) is 2.82. The molecule has 1 heterocycles. The van der Waals surface area contributed by atoms with Gasteiger partial charge in [0, 0.05) is 23.3 Å². The topological polar surface area (TPSA) is 40.7 Å². The molecule has 0 amide bonds. The second-order valence-electron chi connectivity index (χ2n) is 4.35. The molecule has 1 unspecified atom stereocenters. The summed E-state index contributed by atoms with van der Waals surface area (Å²) in [5.74, 6) is -0.205. The molecule has 19 heavy (non-hydrogen) atoms. The van der Waals surface area contributed by atoms with Gasteiger partial charge in [-0.15, -0.1) is 0 Å². The van der Waals surface area contributed by atoms with Gasteiger partial charge in [0.05, 0.1) is 0 Å². The highest BCUT2D eigenvalue weighted by Crippen LogP contribution is 2.31. The van der Waals surface area contributed by atoms with Crippen molar-refractivity contribution in [3.63, 3.8) is 0 Å². The molecule has 0 bridgehead atoms. The predicted octanol–water partition coefficient (Wildman–Crippen LogP) is 3.76. The van der Waals surface area contributed by atoms with Gasteiger partial charge in [0.1, 0.15) is 5.82 Å². The highest BCUT2D eigenvalue weighted by Gasteiger charge is 2.13. The Morgan fingerprint density at radius 1 is 1.47 bits per heavy atom. The van der Waals surface area contributed by atoms with Crippen LogP contribution in [0.4, 0.5) is 4.39 Å². The van der Waals surface area contributed by atoms with Crippen LogP contribution in [0.15, 0.2) is 40.6 Å². The third-order valence-corrected chi connectivity index (χ3v) is 3.83. The van der Waals surface area contributed by atoms with Crippen LogP contribution >= 0.6 is 11.8 Å². The molecule has 1 aromatic heterocycles. The zero-order valence-corrected chi connectivity index (χ0v) is 11.9. The monoisotopic (exact) mass is 279 g/mol. The Bertz CT molecular complexity index is 513. The molecule has 1 aromatic carbocycles. The second kappa shape index (κ2) is 6.73. The minimum absolute atomic E-state index is 0.119. The highest BCUT2D eigenvalue weighted by atomic mass is 32.2. The van der Waals surface area contributed by atoms with Crippen LogP contribution in [0.5, 0.6) is 0 Å². The van der Waals surface area contributed by atoms with Crippen molar-refractivity contribution in [2.24, 2.45) is 0 Å². The zero-order chi connectivity index (χ0) is 13.7. The smallest absolute Gasteiger partial charge is 0.170 e. The van der Waals surface area contributed by atoms with Crippen molar-refractivity contribution in [3.05, 3.63) is 42.0 Å². The van der Waals surface area contributed by atoms with Gasteiger partial charge in [-0.05, 0) is 43.7 Å². The molecule has 0 aliphatic rings. The maximum absolute atomic E-state index is 13.4. The molecule has 0 radical (unpaired) electrons. The van der Waals surface area contributed by atoms with E-state index in [1.54, 1.807) is 18.5 Å². The fraction of sp³-hybridized carbons (Fsp3) is 0.357. The number of benzene rings is 1. The van der Waals surface area contributed by atoms with E-state index in [9.17, 15) is 4.39 Å². The molecule has 3 nitrogen and oxygen atoms in total. The summed E-state index contributed by atoms with van der Waals surface area (Å²) in [6.07, 6.45) is 4.55. The van der Waals surface area contributed by atoms with Gasteiger partial charge >= 0.3 is 0 Å². The second-order valence-corrected chi connectivity index (χ2v) is 5.38. The van der Waals surface area contributed by atoms with Crippen LogP contribution < -0.4 is 5.32 Å². The van der Waals surface area contributed by atoms with Crippen LogP contribution in [0.3, 0.4) is 0 Å². The average molecular weight is 279 g/mol. The molecule has 0 aliphatic heterocycles. The van der Waals surface area contributed by atoms with Crippen LogP contribution in [0.2, 0.25) is 0 Å². The Hall–Kier alpha value is -1.33. The number of nitrogens with one attached hydrogen (secondary N) is 2. The Morgan fingerprint density at radius 2 is 2.32 bits per heavy atom. The van der Waals surface area contributed by atoms with Crippen molar-refractivity contribution < 1.29 is 4.39 Å². The Labute approximate surface area is 117 Å². The van der Waals surface area contributed by atoms with Crippen molar-refractivity contribution in [1.29, 1.82) is 0 Å². The number of aromatic nitrogens is 2. The first-order chi connectivity index (χ1) is 9.20. The first-order valence-corrected chi connectivity index (χ1v) is 7.22. The minimum Gasteiger partial charge on any atom is -0.339 e. The normalized spacial score (nSPS) is 12.6. The number of aromatic amines is 1. The molecular formula is C14H18FN3S. The van der Waals surface area contributed by atoms with E-state index in [1.807, 2.05) is 6.07 Å². The lowest BCUT2D eigenvalue weighted by Crippen LogP contribution is -2.20. The Balaban J connectivity index is 2.22. The number of imidazole rings is 1. The van der Waals surface area contributed by atoms with Crippen LogP contribution in [0.25, 0.3) is 0 Å². The quantitative estimate of drug-likeness (QED) is 0.846. The van der Waals surface area contributed by atoms with Gasteiger partial charge < -0.3 is 10.3 Å². The summed E-state index contributed by atoms with van der Waals surface area (Å²) in [5, 5.41) is 4.20. The number of rotatable bonds is 6. The van der Waals surface area contributed by atoms with Gasteiger partial charge in [-0.25, -0.2) is 9.37 Å². The highest BCUT2D eigenvalue weighted by molar-refractivity contribution is 7.99. The number of hydrogen-bond donors (Lipinski definition) is 2. The predicted molar refractivity (Wildman–Crippen MR) is 75.8 cm³/mol. The molecule has 5 heteroatoms. The molecular weight excluding hydrogens is 261 g/mol. The molecule has 2 rings (SSSR count). The molecule has 0 saturated carbocycles. The fourth-order valence-corrected chi connectivity index (χ4v) is 2.77. The van der Waals surface area contributed by atoms with Crippen LogP contribution in [0, 0.1) is 5.82 Å². The van der Waals surface area contributed by atoms with Gasteiger partial charge in [0.25, 0.3) is 0 Å². The summed E-state index contributed by atoms with van der Waals surface area (Å²) in [4.78, 5) is 8.26. The van der Waals surface area contributed by atoms with Crippen molar-refractivity contribution in [2.45, 2.75) is 36.4 Å². The SMILES string of the molecule is CCCNC(C)c1cc(F)ccc1Sc1ncc[nH]1. The molecule has 0 saturated heterocycles. The van der Waals surface area contributed by atoms with Crippen molar-refractivity contribution in [3.8, 4) is 0 Å². The zero-order valence-electron chi connectivity index (χ0n) is 11.1. The maximum Gasteiger partial charge on any atom is 0.170 e. The Morgan fingerprint density at radius 3 is 3.00 bits per heavy atom. The van der Waals surface area contributed by atoms with Crippen molar-refractivity contribution >= 4 is 11.8 Å². The summed E-state index contributed by atoms with van der Waals surface area (Å²) in [5.41, 5.74) is 0.967. The first-order valence-electron chi connectivity index (χ1n) is 6.40. The lowest BCUT2D eigenvalue weighted by atomic mass is 10.1. The average Bonchev–Trinajstić information content (AvgIpc) is 2.91. The van der Waals surface area contributed by atoms with Gasteiger partial charge in [0.15, 0.2) is 5.16 Å². The van der Waals surface area contributed by atoms with Gasteiger partial charge in [-0.2, -0.15) is 0 Å². The lowest BCUT2D eigenvalue weighted by Gasteiger charge is -2.17. The molecule has 0 fully saturated rings. The van der Waals surface area contributed by atoms with Crippen molar-refractivity contribution in [2.75, 3.05) is 6.54 Å². The first kappa shape index (κ1) is 14.1. The summed E-state index contributed by atoms with van der Waals surface area (Å²) in [7, 11) is 0. The summed E-state index contributed by atoms with van der Waals surface area (Å²) in [6, 6.07) is 5.01. The van der Waals surface area contributed by atoms with Gasteiger partial charge in [-0.1, -0.05) is 18.7 Å². The van der Waals surface area contributed by atoms with E-state index in [2.05, 4.69) is 29.1 Å². The summed E-state index contributed by atoms with van der Waals surface area (Å²) >= 11 is 1.52. The Kier molecular flexibility index (Phi) is 4.99. The number of hydrogen-bond acceptors (Lipinski definition) is 3. The molecule has 0 aliphatic carbocycles. The number of H-pyrrole nitrogens is 1. The van der Waals surface area contributed by atoms with Gasteiger partial charge in [0.2, 0.25) is 0 Å². The minimum atomic E-state index is -0.205. The van der Waals surface area contributed by atoms with E-state index in [0.29, 0.717) is 0 Å². The van der Waals surface area contributed by atoms with E-state index in [4.69, 9.17) is 0 Å². The lowest BCUT2D eigenvalue weighted by molar-refractivity contribution is 0.554. The standard InChI is InChI=1S/C14H18FN3S/c1-3-6-16-10(2)12-9-11(15)4-5-13(12)19-14-17-7-8-18-14/h4-5,7-10,16H,3,6H2,1-2H3,(H,17,18). The van der Waals surface area contributed by atoms with E-state index >= 15 is 0 Å². The number of halogens is 1. The molecule has 102 valence electrons. The summed E-state index contributed by atoms with van der Waals surface area (Å²) < 4.78 is 13.4. The third kappa shape index (κ3) is 3.81. The molecule has 2 aromatic rings. The van der Waals surface area contributed by atoms with E-state index in [-0.39, 0.29) is 11.9 Å². The molecule has 2 N–H and O–H groups in total. The molecule has 1 atom stereocenters. The van der Waals surface area contributed by atoms with Gasteiger partial charge in [-0.3, -0.25) is 0 Å². The van der Waals surface area contributed by atoms with E-state index in [0.717, 1.165) is 28.6 Å². The van der Waals surface area contributed by atoms with Crippen molar-refractivity contribution in [1.82, 2.24) is 15.3 Å². The maximum atomic E-state index is 13.4. The fourth-order valence-electron chi connectivity index (χ4n) is 1.83. The van der Waals surface area contributed by atoms with Crippen LogP contribution in [-0.2, 0) is 0 Å².